The van der Waals surface area contributed by atoms with Crippen LogP contribution in [0.15, 0.2) is 79.1 Å². The highest BCUT2D eigenvalue weighted by Gasteiger charge is 2.30. The van der Waals surface area contributed by atoms with E-state index in [1.165, 1.54) is 17.7 Å². The highest BCUT2D eigenvalue weighted by molar-refractivity contribution is 6.01. The zero-order valence-electron chi connectivity index (χ0n) is 27.4. The van der Waals surface area contributed by atoms with Crippen molar-refractivity contribution < 1.29 is 18.4 Å². The van der Waals surface area contributed by atoms with Gasteiger partial charge in [-0.2, -0.15) is 5.10 Å². The number of fused-ring (bicyclic) bond motifs is 1. The highest BCUT2D eigenvalue weighted by Crippen LogP contribution is 2.37. The Kier molecular flexibility index (Phi) is 8.57. The first-order valence-corrected chi connectivity index (χ1v) is 17.1. The van der Waals surface area contributed by atoms with Crippen molar-refractivity contribution in [2.45, 2.75) is 44.3 Å². The minimum absolute atomic E-state index is 0.220. The smallest absolute Gasteiger partial charge is 0.249 e. The molecule has 5 aromatic rings. The maximum atomic E-state index is 14.8. The molecule has 1 unspecified atom stereocenters. The van der Waals surface area contributed by atoms with Gasteiger partial charge in [0.05, 0.1) is 23.5 Å². The Morgan fingerprint density at radius 3 is 2.52 bits per heavy atom. The molecule has 0 radical (unpaired) electrons. The van der Waals surface area contributed by atoms with Crippen LogP contribution in [-0.2, 0) is 16.1 Å². The number of piperidine rings is 1. The van der Waals surface area contributed by atoms with E-state index in [1.807, 2.05) is 42.6 Å². The number of rotatable bonds is 8. The number of aromatic nitrogens is 4. The van der Waals surface area contributed by atoms with Crippen molar-refractivity contribution in [2.24, 2.45) is 0 Å². The monoisotopic (exact) mass is 677 g/mol. The van der Waals surface area contributed by atoms with E-state index in [0.717, 1.165) is 86.8 Å². The molecule has 256 valence electrons. The average Bonchev–Trinajstić information content (AvgIpc) is 3.78. The lowest BCUT2D eigenvalue weighted by molar-refractivity contribution is -0.133. The second-order valence-electron chi connectivity index (χ2n) is 13.1. The third kappa shape index (κ3) is 6.48. The van der Waals surface area contributed by atoms with E-state index < -0.39 is 17.7 Å². The Morgan fingerprint density at radius 1 is 0.880 bits per heavy atom. The molecule has 2 atom stereocenters. The Bertz CT molecular complexity index is 2040. The third-order valence-corrected chi connectivity index (χ3v) is 9.87. The zero-order chi connectivity index (χ0) is 34.2. The van der Waals surface area contributed by atoms with Crippen LogP contribution >= 0.6 is 0 Å². The molecule has 3 aromatic heterocycles. The van der Waals surface area contributed by atoms with Crippen LogP contribution in [-0.4, -0.2) is 75.1 Å². The molecule has 3 aliphatic heterocycles. The molecule has 2 N–H and O–H groups in total. The van der Waals surface area contributed by atoms with Crippen molar-refractivity contribution in [1.82, 2.24) is 29.8 Å². The summed E-state index contributed by atoms with van der Waals surface area (Å²) in [4.78, 5) is 40.3. The average molecular weight is 678 g/mol. The Balaban J connectivity index is 0.919. The van der Waals surface area contributed by atoms with Gasteiger partial charge in [-0.15, -0.1) is 0 Å². The van der Waals surface area contributed by atoms with E-state index in [2.05, 4.69) is 42.6 Å². The lowest BCUT2D eigenvalue weighted by atomic mass is 10.0. The minimum atomic E-state index is -0.582. The number of nitrogens with zero attached hydrogens (tertiary/aromatic N) is 7. The van der Waals surface area contributed by atoms with Gasteiger partial charge in [0, 0.05) is 69.2 Å². The van der Waals surface area contributed by atoms with E-state index >= 15 is 0 Å². The van der Waals surface area contributed by atoms with Gasteiger partial charge in [-0.1, -0.05) is 24.3 Å². The Hall–Kier alpha value is -5.43. The van der Waals surface area contributed by atoms with Crippen molar-refractivity contribution >= 4 is 34.8 Å². The van der Waals surface area contributed by atoms with Gasteiger partial charge in [-0.25, -0.2) is 23.3 Å². The van der Waals surface area contributed by atoms with Gasteiger partial charge in [0.25, 0.3) is 0 Å². The van der Waals surface area contributed by atoms with Crippen LogP contribution in [0.3, 0.4) is 0 Å². The van der Waals surface area contributed by atoms with Crippen molar-refractivity contribution in [1.29, 1.82) is 0 Å². The number of piperazine rings is 1. The van der Waals surface area contributed by atoms with Crippen LogP contribution in [0.2, 0.25) is 0 Å². The molecule has 3 fully saturated rings. The van der Waals surface area contributed by atoms with Crippen molar-refractivity contribution in [2.75, 3.05) is 47.8 Å². The summed E-state index contributed by atoms with van der Waals surface area (Å²) in [6, 6.07) is 19.2. The summed E-state index contributed by atoms with van der Waals surface area (Å²) in [5, 5.41) is 10.2. The molecule has 0 spiro atoms. The third-order valence-electron chi connectivity index (χ3n) is 9.87. The maximum Gasteiger partial charge on any atom is 0.249 e. The number of carbonyl (C=O) groups excluding carboxylic acids is 2. The van der Waals surface area contributed by atoms with Crippen molar-refractivity contribution in [3.05, 3.63) is 102 Å². The van der Waals surface area contributed by atoms with E-state index in [-0.39, 0.29) is 17.9 Å². The van der Waals surface area contributed by atoms with E-state index in [0.29, 0.717) is 24.1 Å². The van der Waals surface area contributed by atoms with Crippen LogP contribution in [0.4, 0.5) is 26.1 Å². The number of anilines is 3. The zero-order valence-corrected chi connectivity index (χ0v) is 27.4. The highest BCUT2D eigenvalue weighted by atomic mass is 19.1. The number of halogens is 2. The second-order valence-corrected chi connectivity index (χ2v) is 13.1. The van der Waals surface area contributed by atoms with E-state index in [1.54, 1.807) is 10.7 Å². The number of hydrogen-bond acceptors (Lipinski definition) is 9. The van der Waals surface area contributed by atoms with E-state index in [9.17, 15) is 18.4 Å². The predicted octanol–water partition coefficient (Wildman–Crippen LogP) is 4.95. The number of imide groups is 1. The summed E-state index contributed by atoms with van der Waals surface area (Å²) in [6.45, 7) is 4.98. The first kappa shape index (κ1) is 31.8. The number of hydrogen-bond donors (Lipinski definition) is 2. The lowest BCUT2D eigenvalue weighted by Crippen LogP contribution is -2.47. The molecule has 13 heteroatoms. The van der Waals surface area contributed by atoms with Gasteiger partial charge in [-0.05, 0) is 61.2 Å². The number of amides is 2. The molecule has 3 aliphatic rings. The summed E-state index contributed by atoms with van der Waals surface area (Å²) >= 11 is 0. The van der Waals surface area contributed by atoms with Crippen LogP contribution in [0, 0.1) is 11.6 Å². The van der Waals surface area contributed by atoms with Crippen molar-refractivity contribution in [3.63, 3.8) is 0 Å². The molecule has 3 saturated heterocycles. The normalized spacial score (nSPS) is 20.0. The van der Waals surface area contributed by atoms with E-state index in [4.69, 9.17) is 9.97 Å². The first-order valence-electron chi connectivity index (χ1n) is 17.1. The standard InChI is InChI=1S/C37H37F2N9O2/c38-25-8-11-27(29(39)21-25)32-4-2-15-47(32)34-14-16-48-36(43-34)28(22-40-48)30-3-1-5-33(42-30)46-19-17-45(18-20-46)23-24-6-9-26(10-7-24)41-31-12-13-35(49)44-37(31)50/h1,3,5-11,14,16,21-22,31-32,41H,2,4,12-13,15,17-20,23H2,(H,44,49,50)/t31?,32-/m1/s1. The fraction of sp³-hybridized carbons (Fsp3) is 0.324. The molecule has 0 saturated carbocycles. The fourth-order valence-electron chi connectivity index (χ4n) is 7.22. The number of pyridine rings is 1. The number of benzene rings is 2. The predicted molar refractivity (Wildman–Crippen MR) is 186 cm³/mol. The summed E-state index contributed by atoms with van der Waals surface area (Å²) in [5.41, 5.74) is 4.78. The summed E-state index contributed by atoms with van der Waals surface area (Å²) < 4.78 is 30.1. The summed E-state index contributed by atoms with van der Waals surface area (Å²) in [7, 11) is 0. The minimum Gasteiger partial charge on any atom is -0.374 e. The van der Waals surface area contributed by atoms with Gasteiger partial charge in [-0.3, -0.25) is 19.8 Å². The van der Waals surface area contributed by atoms with Crippen molar-refractivity contribution in [3.8, 4) is 11.3 Å². The van der Waals surface area contributed by atoms with Crippen LogP contribution in [0.25, 0.3) is 16.9 Å². The van der Waals surface area contributed by atoms with Crippen LogP contribution in [0.1, 0.15) is 42.9 Å². The lowest BCUT2D eigenvalue weighted by Gasteiger charge is -2.35. The molecule has 0 bridgehead atoms. The molecule has 2 aromatic carbocycles. The topological polar surface area (TPSA) is 111 Å². The molecule has 0 aliphatic carbocycles. The quantitative estimate of drug-likeness (QED) is 0.221. The van der Waals surface area contributed by atoms with Gasteiger partial charge in [0.15, 0.2) is 5.65 Å². The summed E-state index contributed by atoms with van der Waals surface area (Å²) in [6.07, 6.45) is 6.12. The molecule has 8 rings (SSSR count). The second kappa shape index (κ2) is 13.5. The Morgan fingerprint density at radius 2 is 1.72 bits per heavy atom. The van der Waals surface area contributed by atoms with Gasteiger partial charge in [0.1, 0.15) is 29.3 Å². The molecular weight excluding hydrogens is 640 g/mol. The number of carbonyl (C=O) groups is 2. The first-order chi connectivity index (χ1) is 24.4. The summed E-state index contributed by atoms with van der Waals surface area (Å²) in [5.74, 6) is 0.00121. The SMILES string of the molecule is O=C1CCC(Nc2ccc(CN3CCN(c4cccc(-c5cnn6ccc(N7CCC[C@@H]7c7ccc(F)cc7F)nc56)n4)CC3)cc2)C(=O)N1. The molecule has 6 heterocycles. The molecule has 50 heavy (non-hydrogen) atoms. The van der Waals surface area contributed by atoms with Crippen LogP contribution < -0.4 is 20.4 Å². The molecule has 2 amide bonds. The largest absolute Gasteiger partial charge is 0.374 e. The fourth-order valence-corrected chi connectivity index (χ4v) is 7.22. The maximum absolute atomic E-state index is 14.8. The number of nitrogens with one attached hydrogen (secondary N) is 2. The molecular formula is C37H37F2N9O2. The van der Waals surface area contributed by atoms with Crippen LogP contribution in [0.5, 0.6) is 0 Å². The van der Waals surface area contributed by atoms with Gasteiger partial charge >= 0.3 is 0 Å². The Labute approximate surface area is 287 Å². The van der Waals surface area contributed by atoms with Gasteiger partial charge < -0.3 is 15.1 Å². The molecule has 11 nitrogen and oxygen atoms in total. The van der Waals surface area contributed by atoms with Gasteiger partial charge in [0.2, 0.25) is 11.8 Å².